The summed E-state index contributed by atoms with van der Waals surface area (Å²) in [6.45, 7) is 4.80. The van der Waals surface area contributed by atoms with Gasteiger partial charge in [0.05, 0.1) is 39.9 Å². The fraction of sp³-hybridized carbons (Fsp3) is 0.809. The first-order chi connectivity index (χ1) is 37.5. The van der Waals surface area contributed by atoms with Crippen LogP contribution in [0, 0.1) is 0 Å². The Morgan fingerprint density at radius 2 is 0.753 bits per heavy atom. The molecule has 3 atom stereocenters. The van der Waals surface area contributed by atoms with Crippen LogP contribution in [0.15, 0.2) is 72.9 Å². The van der Waals surface area contributed by atoms with Gasteiger partial charge in [-0.1, -0.05) is 286 Å². The normalized spacial score (nSPS) is 14.2. The van der Waals surface area contributed by atoms with Gasteiger partial charge in [-0.3, -0.25) is 13.8 Å². The smallest absolute Gasteiger partial charge is 0.387 e. The zero-order valence-electron chi connectivity index (χ0n) is 51.4. The fourth-order valence-corrected chi connectivity index (χ4v) is 10.2. The van der Waals surface area contributed by atoms with Crippen LogP contribution in [0.1, 0.15) is 303 Å². The Labute approximate surface area is 478 Å². The van der Waals surface area contributed by atoms with Crippen molar-refractivity contribution >= 4 is 13.7 Å². The van der Waals surface area contributed by atoms with E-state index >= 15 is 0 Å². The first-order valence-corrected chi connectivity index (χ1v) is 34.3. The summed E-state index contributed by atoms with van der Waals surface area (Å²) in [5.74, 6) is -0.189. The number of phosphoric ester groups is 1. The van der Waals surface area contributed by atoms with Gasteiger partial charge in [0.15, 0.2) is 0 Å². The van der Waals surface area contributed by atoms with Gasteiger partial charge in [0.2, 0.25) is 5.91 Å². The molecule has 0 spiro atoms. The molecule has 9 heteroatoms. The monoisotopic (exact) mass is 1100 g/mol. The Bertz CT molecular complexity index is 1480. The van der Waals surface area contributed by atoms with Crippen LogP contribution in [0.4, 0.5) is 0 Å². The van der Waals surface area contributed by atoms with Crippen LogP contribution >= 0.6 is 7.82 Å². The Balaban J connectivity index is 4.16. The lowest BCUT2D eigenvalue weighted by Crippen LogP contribution is -2.45. The molecule has 8 nitrogen and oxygen atoms in total. The third kappa shape index (κ3) is 61.4. The van der Waals surface area contributed by atoms with Gasteiger partial charge in [-0.2, -0.15) is 0 Å². The first-order valence-electron chi connectivity index (χ1n) is 32.8. The quantitative estimate of drug-likeness (QED) is 0.0243. The molecule has 77 heavy (non-hydrogen) atoms. The number of allylic oxidation sites excluding steroid dienone is 11. The SMILES string of the molecule is CCCCCCC/C=C\C/C=C\C/C=C\CCCCCCCCCCCCCCCCCCC(=O)NC(COP(=O)(O)OCC[N+](C)(C)C)C(O)/C=C/CC/C=C/CC/C=C/CCCCCCCCCCCCCCCC. The maximum Gasteiger partial charge on any atom is 0.472 e. The van der Waals surface area contributed by atoms with E-state index in [1.165, 1.54) is 225 Å². The molecule has 0 aromatic heterocycles. The van der Waals surface area contributed by atoms with Gasteiger partial charge in [-0.25, -0.2) is 4.57 Å². The highest BCUT2D eigenvalue weighted by molar-refractivity contribution is 7.47. The number of hydrogen-bond acceptors (Lipinski definition) is 5. The standard InChI is InChI=1S/C68H127N2O6P/c1-6-8-10-12-14-16-18-20-22-24-26-28-30-32-33-34-35-36-37-38-40-42-44-46-48-50-52-54-56-58-60-62-68(72)69-66(65-76-77(73,74)75-64-63-70(3,4)5)67(71)61-59-57-55-53-51-49-47-45-43-41-39-31-29-27-25-23-21-19-17-15-13-11-9-7-2/h18,20,24,26,30,32,43,45,51,53,59,61,66-67,71H,6-17,19,21-23,25,27-29,31,33-42,44,46-50,52,54-58,60,62-65H2,1-5H3,(H-,69,72,73,74)/p+1/b20-18-,26-24-,32-30-,45-43+,53-51+,61-59+. The molecule has 0 saturated heterocycles. The lowest BCUT2D eigenvalue weighted by atomic mass is 10.0. The number of carbonyl (C=O) groups is 1. The van der Waals surface area contributed by atoms with Crippen molar-refractivity contribution in [2.75, 3.05) is 40.9 Å². The number of quaternary nitrogens is 1. The van der Waals surface area contributed by atoms with Crippen molar-refractivity contribution in [2.24, 2.45) is 0 Å². The molecule has 1 amide bonds. The Hall–Kier alpha value is -2.06. The zero-order valence-corrected chi connectivity index (χ0v) is 52.3. The fourth-order valence-electron chi connectivity index (χ4n) is 9.50. The largest absolute Gasteiger partial charge is 0.472 e. The number of likely N-dealkylation sites (N-methyl/N-ethyl adjacent to an activating group) is 1. The second-order valence-electron chi connectivity index (χ2n) is 23.5. The summed E-state index contributed by atoms with van der Waals surface area (Å²) >= 11 is 0. The zero-order chi connectivity index (χ0) is 56.3. The number of phosphoric acid groups is 1. The Kier molecular flexibility index (Phi) is 57.0. The first kappa shape index (κ1) is 74.9. The number of nitrogens with one attached hydrogen (secondary N) is 1. The van der Waals surface area contributed by atoms with E-state index in [1.54, 1.807) is 6.08 Å². The average molecular weight is 1100 g/mol. The van der Waals surface area contributed by atoms with Crippen LogP contribution < -0.4 is 5.32 Å². The number of unbranched alkanes of at least 4 members (excludes halogenated alkanes) is 37. The van der Waals surface area contributed by atoms with Gasteiger partial charge < -0.3 is 19.8 Å². The van der Waals surface area contributed by atoms with Gasteiger partial charge in [0.25, 0.3) is 0 Å². The molecule has 0 fully saturated rings. The topological polar surface area (TPSA) is 105 Å². The van der Waals surface area contributed by atoms with E-state index in [4.69, 9.17) is 9.05 Å². The van der Waals surface area contributed by atoms with E-state index < -0.39 is 20.0 Å². The number of amides is 1. The lowest BCUT2D eigenvalue weighted by Gasteiger charge is -2.25. The summed E-state index contributed by atoms with van der Waals surface area (Å²) in [4.78, 5) is 23.4. The van der Waals surface area contributed by atoms with Crippen molar-refractivity contribution in [3.8, 4) is 0 Å². The van der Waals surface area contributed by atoms with Crippen LogP contribution in [0.5, 0.6) is 0 Å². The van der Waals surface area contributed by atoms with Crippen LogP contribution in [-0.4, -0.2) is 73.4 Å². The molecule has 0 aliphatic carbocycles. The van der Waals surface area contributed by atoms with Crippen LogP contribution in [-0.2, 0) is 18.4 Å². The van der Waals surface area contributed by atoms with Gasteiger partial charge in [-0.15, -0.1) is 0 Å². The minimum Gasteiger partial charge on any atom is -0.387 e. The molecule has 0 radical (unpaired) electrons. The predicted molar refractivity (Wildman–Crippen MR) is 337 cm³/mol. The maximum atomic E-state index is 13.0. The van der Waals surface area contributed by atoms with E-state index in [1.807, 2.05) is 27.2 Å². The molecule has 0 aromatic rings. The van der Waals surface area contributed by atoms with E-state index in [9.17, 15) is 19.4 Å². The average Bonchev–Trinajstić information content (AvgIpc) is 3.39. The van der Waals surface area contributed by atoms with Crippen LogP contribution in [0.3, 0.4) is 0 Å². The van der Waals surface area contributed by atoms with Crippen molar-refractivity contribution in [3.05, 3.63) is 72.9 Å². The number of hydrogen-bond donors (Lipinski definition) is 3. The molecule has 0 rings (SSSR count). The number of aliphatic hydroxyl groups is 1. The molecule has 450 valence electrons. The van der Waals surface area contributed by atoms with Gasteiger partial charge in [0, 0.05) is 6.42 Å². The van der Waals surface area contributed by atoms with Gasteiger partial charge in [-0.05, 0) is 83.5 Å². The van der Waals surface area contributed by atoms with Crippen LogP contribution in [0.2, 0.25) is 0 Å². The summed E-state index contributed by atoms with van der Waals surface area (Å²) in [5.41, 5.74) is 0. The molecule has 0 heterocycles. The van der Waals surface area contributed by atoms with Gasteiger partial charge in [0.1, 0.15) is 13.2 Å². The third-order valence-electron chi connectivity index (χ3n) is 14.6. The second-order valence-corrected chi connectivity index (χ2v) is 24.9. The maximum absolute atomic E-state index is 13.0. The molecule has 0 saturated carbocycles. The molecule has 0 aliphatic rings. The third-order valence-corrected chi connectivity index (χ3v) is 15.6. The number of nitrogens with zero attached hydrogens (tertiary/aromatic N) is 1. The molecular formula is C68H128N2O6P+. The lowest BCUT2D eigenvalue weighted by molar-refractivity contribution is -0.870. The molecule has 0 aromatic carbocycles. The summed E-state index contributed by atoms with van der Waals surface area (Å²) in [7, 11) is 1.55. The highest BCUT2D eigenvalue weighted by atomic mass is 31.2. The van der Waals surface area contributed by atoms with Crippen molar-refractivity contribution in [1.29, 1.82) is 0 Å². The van der Waals surface area contributed by atoms with Crippen molar-refractivity contribution in [2.45, 2.75) is 315 Å². The molecule has 3 N–H and O–H groups in total. The van der Waals surface area contributed by atoms with E-state index in [0.29, 0.717) is 17.4 Å². The number of rotatable bonds is 60. The number of carbonyl (C=O) groups excluding carboxylic acids is 1. The molecule has 3 unspecified atom stereocenters. The predicted octanol–water partition coefficient (Wildman–Crippen LogP) is 20.6. The second kappa shape index (κ2) is 58.6. The van der Waals surface area contributed by atoms with E-state index in [-0.39, 0.29) is 19.1 Å². The minimum atomic E-state index is -4.37. The van der Waals surface area contributed by atoms with Crippen molar-refractivity contribution in [3.63, 3.8) is 0 Å². The minimum absolute atomic E-state index is 0.0521. The molecular weight excluding hydrogens is 972 g/mol. The molecule has 0 bridgehead atoms. The van der Waals surface area contributed by atoms with Gasteiger partial charge >= 0.3 is 7.82 Å². The summed E-state index contributed by atoms with van der Waals surface area (Å²) in [5, 5.41) is 14.0. The summed E-state index contributed by atoms with van der Waals surface area (Å²) in [6.07, 6.45) is 81.8. The van der Waals surface area contributed by atoms with Crippen molar-refractivity contribution < 1.29 is 32.9 Å². The summed E-state index contributed by atoms with van der Waals surface area (Å²) < 4.78 is 23.8. The highest BCUT2D eigenvalue weighted by Gasteiger charge is 2.27. The van der Waals surface area contributed by atoms with Crippen LogP contribution in [0.25, 0.3) is 0 Å². The highest BCUT2D eigenvalue weighted by Crippen LogP contribution is 2.43. The van der Waals surface area contributed by atoms with Crippen molar-refractivity contribution in [1.82, 2.24) is 5.32 Å². The van der Waals surface area contributed by atoms with E-state index in [2.05, 4.69) is 79.9 Å². The molecule has 0 aliphatic heterocycles. The Morgan fingerprint density at radius 1 is 0.442 bits per heavy atom. The van der Waals surface area contributed by atoms with E-state index in [0.717, 1.165) is 57.8 Å². The number of aliphatic hydroxyl groups excluding tert-OH is 1. The Morgan fingerprint density at radius 3 is 1.13 bits per heavy atom. The summed E-state index contributed by atoms with van der Waals surface area (Å²) in [6, 6.07) is -0.874.